The van der Waals surface area contributed by atoms with Crippen molar-refractivity contribution in [2.24, 2.45) is 0 Å². The van der Waals surface area contributed by atoms with Gasteiger partial charge in [0.2, 0.25) is 5.91 Å². The summed E-state index contributed by atoms with van der Waals surface area (Å²) in [7, 11) is 0. The smallest absolute Gasteiger partial charge is 0.339 e. The topological polar surface area (TPSA) is 87.6 Å². The number of aromatic carboxylic acids is 1. The zero-order chi connectivity index (χ0) is 11.7. The van der Waals surface area contributed by atoms with E-state index >= 15 is 0 Å². The number of hydrogen-bond donors (Lipinski definition) is 1. The monoisotopic (exact) mass is 220 g/mol. The fourth-order valence-corrected chi connectivity index (χ4v) is 1.56. The van der Waals surface area contributed by atoms with Gasteiger partial charge in [0, 0.05) is 6.20 Å². The van der Waals surface area contributed by atoms with Crippen molar-refractivity contribution in [2.75, 3.05) is 11.4 Å². The maximum absolute atomic E-state index is 11.4. The lowest BCUT2D eigenvalue weighted by Crippen LogP contribution is -2.27. The first-order valence-electron chi connectivity index (χ1n) is 4.60. The molecule has 1 saturated heterocycles. The molecular weight excluding hydrogens is 212 g/mol. The molecule has 0 aromatic carbocycles. The van der Waals surface area contributed by atoms with Crippen LogP contribution in [0.3, 0.4) is 0 Å². The highest BCUT2D eigenvalue weighted by atomic mass is 16.4. The Balaban J connectivity index is 2.44. The molecule has 6 heteroatoms. The molecule has 1 N–H and O–H groups in total. The van der Waals surface area contributed by atoms with Crippen LogP contribution < -0.4 is 4.90 Å². The Hall–Kier alpha value is -2.24. The maximum atomic E-state index is 11.4. The second-order valence-corrected chi connectivity index (χ2v) is 3.38. The van der Waals surface area contributed by atoms with Gasteiger partial charge in [-0.25, -0.2) is 9.78 Å². The lowest BCUT2D eigenvalue weighted by molar-refractivity contribution is -0.121. The molecule has 0 unspecified atom stereocenters. The Morgan fingerprint density at radius 1 is 1.44 bits per heavy atom. The molecule has 0 bridgehead atoms. The van der Waals surface area contributed by atoms with Crippen LogP contribution in [-0.4, -0.2) is 34.3 Å². The summed E-state index contributed by atoms with van der Waals surface area (Å²) in [5.74, 6) is -1.78. The van der Waals surface area contributed by atoms with Crippen LogP contribution in [0.15, 0.2) is 18.3 Å². The fraction of sp³-hybridized carbons (Fsp3) is 0.200. The van der Waals surface area contributed by atoms with Crippen LogP contribution in [0.1, 0.15) is 16.8 Å². The van der Waals surface area contributed by atoms with Crippen LogP contribution in [0.2, 0.25) is 0 Å². The SMILES string of the molecule is O=C1CC(=O)N(c2ncccc2C(=O)O)C1. The fourth-order valence-electron chi connectivity index (χ4n) is 1.56. The molecule has 0 spiro atoms. The third kappa shape index (κ3) is 1.65. The van der Waals surface area contributed by atoms with Gasteiger partial charge in [-0.3, -0.25) is 14.5 Å². The molecule has 1 aliphatic rings. The van der Waals surface area contributed by atoms with E-state index in [0.717, 1.165) is 4.90 Å². The number of rotatable bonds is 2. The van der Waals surface area contributed by atoms with Gasteiger partial charge in [-0.1, -0.05) is 0 Å². The zero-order valence-corrected chi connectivity index (χ0v) is 8.21. The predicted octanol–water partition coefficient (Wildman–Crippen LogP) is 0.0856. The first kappa shape index (κ1) is 10.3. The van der Waals surface area contributed by atoms with Gasteiger partial charge in [-0.05, 0) is 12.1 Å². The molecular formula is C10H8N2O4. The van der Waals surface area contributed by atoms with Crippen molar-refractivity contribution in [3.8, 4) is 0 Å². The molecule has 1 amide bonds. The first-order chi connectivity index (χ1) is 7.59. The molecule has 0 atom stereocenters. The summed E-state index contributed by atoms with van der Waals surface area (Å²) in [6.45, 7) is -0.101. The average Bonchev–Trinajstić information content (AvgIpc) is 2.57. The lowest BCUT2D eigenvalue weighted by atomic mass is 10.2. The van der Waals surface area contributed by atoms with Crippen LogP contribution in [-0.2, 0) is 9.59 Å². The Morgan fingerprint density at radius 3 is 2.75 bits per heavy atom. The Morgan fingerprint density at radius 2 is 2.19 bits per heavy atom. The van der Waals surface area contributed by atoms with Gasteiger partial charge in [0.25, 0.3) is 0 Å². The molecule has 1 aliphatic heterocycles. The van der Waals surface area contributed by atoms with Gasteiger partial charge < -0.3 is 5.11 Å². The molecule has 82 valence electrons. The van der Waals surface area contributed by atoms with Crippen molar-refractivity contribution in [1.82, 2.24) is 4.98 Å². The number of aromatic nitrogens is 1. The summed E-state index contributed by atoms with van der Waals surface area (Å²) in [6, 6.07) is 2.82. The highest BCUT2D eigenvalue weighted by Gasteiger charge is 2.31. The highest BCUT2D eigenvalue weighted by Crippen LogP contribution is 2.21. The minimum atomic E-state index is -1.17. The number of amides is 1. The van der Waals surface area contributed by atoms with Gasteiger partial charge in [0.15, 0.2) is 5.78 Å². The standard InChI is InChI=1S/C10H8N2O4/c13-6-4-8(14)12(5-6)9-7(10(15)16)2-1-3-11-9/h1-3H,4-5H2,(H,15,16). The lowest BCUT2D eigenvalue weighted by Gasteiger charge is -2.15. The zero-order valence-electron chi connectivity index (χ0n) is 8.21. The molecule has 1 aromatic heterocycles. The minimum absolute atomic E-state index is 0.0332. The second-order valence-electron chi connectivity index (χ2n) is 3.38. The van der Waals surface area contributed by atoms with Gasteiger partial charge in [0.1, 0.15) is 11.4 Å². The van der Waals surface area contributed by atoms with Crippen LogP contribution in [0.5, 0.6) is 0 Å². The Labute approximate surface area is 90.5 Å². The summed E-state index contributed by atoms with van der Waals surface area (Å²) in [5.41, 5.74) is -0.0782. The molecule has 0 radical (unpaired) electrons. The summed E-state index contributed by atoms with van der Waals surface area (Å²) in [5, 5.41) is 8.92. The van der Waals surface area contributed by atoms with E-state index in [1.807, 2.05) is 0 Å². The van der Waals surface area contributed by atoms with Crippen LogP contribution in [0.4, 0.5) is 5.82 Å². The van der Waals surface area contributed by atoms with Crippen LogP contribution >= 0.6 is 0 Å². The number of hydrogen-bond acceptors (Lipinski definition) is 4. The van der Waals surface area contributed by atoms with E-state index in [2.05, 4.69) is 4.98 Å². The number of pyridine rings is 1. The highest BCUT2D eigenvalue weighted by molar-refractivity contribution is 6.16. The quantitative estimate of drug-likeness (QED) is 0.713. The van der Waals surface area contributed by atoms with Crippen molar-refractivity contribution in [1.29, 1.82) is 0 Å². The van der Waals surface area contributed by atoms with E-state index in [4.69, 9.17) is 5.11 Å². The van der Waals surface area contributed by atoms with E-state index in [-0.39, 0.29) is 30.1 Å². The number of ketones is 1. The number of carbonyl (C=O) groups excluding carboxylic acids is 2. The summed E-state index contributed by atoms with van der Waals surface area (Å²) in [6.07, 6.45) is 1.20. The third-order valence-electron chi connectivity index (χ3n) is 2.26. The molecule has 6 nitrogen and oxygen atoms in total. The third-order valence-corrected chi connectivity index (χ3v) is 2.26. The van der Waals surface area contributed by atoms with Crippen molar-refractivity contribution in [3.05, 3.63) is 23.9 Å². The van der Waals surface area contributed by atoms with Crippen LogP contribution in [0.25, 0.3) is 0 Å². The van der Waals surface area contributed by atoms with Crippen molar-refractivity contribution in [2.45, 2.75) is 6.42 Å². The number of carboxylic acids is 1. The predicted molar refractivity (Wildman–Crippen MR) is 53.2 cm³/mol. The Bertz CT molecular complexity index is 483. The molecule has 2 heterocycles. The molecule has 0 aliphatic carbocycles. The number of carbonyl (C=O) groups is 3. The van der Waals surface area contributed by atoms with E-state index in [0.29, 0.717) is 0 Å². The molecule has 0 saturated carbocycles. The van der Waals surface area contributed by atoms with E-state index in [1.165, 1.54) is 18.3 Å². The number of nitrogens with zero attached hydrogens (tertiary/aromatic N) is 2. The van der Waals surface area contributed by atoms with E-state index in [1.54, 1.807) is 0 Å². The Kier molecular flexibility index (Phi) is 2.40. The minimum Gasteiger partial charge on any atom is -0.478 e. The summed E-state index contributed by atoms with van der Waals surface area (Å²) in [4.78, 5) is 38.4. The van der Waals surface area contributed by atoms with Crippen molar-refractivity contribution >= 4 is 23.5 Å². The normalized spacial score (nSPS) is 15.6. The van der Waals surface area contributed by atoms with Gasteiger partial charge >= 0.3 is 5.97 Å². The molecule has 1 aromatic rings. The van der Waals surface area contributed by atoms with E-state index in [9.17, 15) is 14.4 Å². The molecule has 16 heavy (non-hydrogen) atoms. The van der Waals surface area contributed by atoms with Crippen LogP contribution in [0, 0.1) is 0 Å². The molecule has 2 rings (SSSR count). The second kappa shape index (κ2) is 3.73. The van der Waals surface area contributed by atoms with Gasteiger partial charge in [-0.2, -0.15) is 0 Å². The number of carboxylic acid groups (broad SMARTS) is 1. The number of Topliss-reactive ketones (excluding diaryl/α,β-unsaturated/α-hetero) is 1. The molecule has 1 fully saturated rings. The van der Waals surface area contributed by atoms with Crippen molar-refractivity contribution in [3.63, 3.8) is 0 Å². The van der Waals surface area contributed by atoms with Gasteiger partial charge in [-0.15, -0.1) is 0 Å². The average molecular weight is 220 g/mol. The van der Waals surface area contributed by atoms with Gasteiger partial charge in [0.05, 0.1) is 13.0 Å². The summed E-state index contributed by atoms with van der Waals surface area (Å²) < 4.78 is 0. The largest absolute Gasteiger partial charge is 0.478 e. The summed E-state index contributed by atoms with van der Waals surface area (Å²) >= 11 is 0. The van der Waals surface area contributed by atoms with E-state index < -0.39 is 11.9 Å². The maximum Gasteiger partial charge on any atom is 0.339 e. The number of anilines is 1. The van der Waals surface area contributed by atoms with Crippen molar-refractivity contribution < 1.29 is 19.5 Å². The first-order valence-corrected chi connectivity index (χ1v) is 4.60.